The highest BCUT2D eigenvalue weighted by Gasteiger charge is 2.06. The topological polar surface area (TPSA) is 18.5 Å². The molecule has 2 heteroatoms. The molecular formula is C23H52O2. The standard InChI is InChI=1S/C10H18O.C6H14O.C3H8.2C2H6/c1-3-5-6-7-8-9-10-11-4-2;1-5-7-6(2,3)4;1-3-2;2*1-2/h5-8H,3-4,9-10H2,1-2H3;5H2,1-4H3;3H2,1-2H3;2*1-2H3/b6-5-,8-7-;;;;. The van der Waals surface area contributed by atoms with Crippen LogP contribution in [0.1, 0.15) is 102 Å². The Morgan fingerprint density at radius 1 is 0.720 bits per heavy atom. The summed E-state index contributed by atoms with van der Waals surface area (Å²) in [5, 5.41) is 0. The van der Waals surface area contributed by atoms with Gasteiger partial charge in [0.2, 0.25) is 0 Å². The van der Waals surface area contributed by atoms with Crippen LogP contribution in [0.25, 0.3) is 0 Å². The first kappa shape index (κ1) is 35.5. The van der Waals surface area contributed by atoms with E-state index in [4.69, 9.17) is 9.47 Å². The van der Waals surface area contributed by atoms with E-state index in [1.165, 1.54) is 6.42 Å². The second-order valence-corrected chi connectivity index (χ2v) is 5.50. The fourth-order valence-electron chi connectivity index (χ4n) is 1.12. The van der Waals surface area contributed by atoms with Gasteiger partial charge >= 0.3 is 0 Å². The van der Waals surface area contributed by atoms with E-state index in [-0.39, 0.29) is 5.60 Å². The zero-order chi connectivity index (χ0) is 21.0. The van der Waals surface area contributed by atoms with Gasteiger partial charge in [0.05, 0.1) is 5.60 Å². The lowest BCUT2D eigenvalue weighted by molar-refractivity contribution is 0.00531. The Hall–Kier alpha value is -0.600. The lowest BCUT2D eigenvalue weighted by Crippen LogP contribution is -2.18. The first-order chi connectivity index (χ1) is 11.9. The normalized spacial score (nSPS) is 9.76. The van der Waals surface area contributed by atoms with Crippen LogP contribution in [-0.4, -0.2) is 25.4 Å². The van der Waals surface area contributed by atoms with E-state index >= 15 is 0 Å². The van der Waals surface area contributed by atoms with Crippen LogP contribution >= 0.6 is 0 Å². The molecule has 0 rings (SSSR count). The highest BCUT2D eigenvalue weighted by atomic mass is 16.5. The highest BCUT2D eigenvalue weighted by Crippen LogP contribution is 2.04. The Labute approximate surface area is 162 Å². The summed E-state index contributed by atoms with van der Waals surface area (Å²) in [7, 11) is 0. The first-order valence-electron chi connectivity index (χ1n) is 10.4. The Bertz CT molecular complexity index is 213. The average Bonchev–Trinajstić information content (AvgIpc) is 2.58. The van der Waals surface area contributed by atoms with E-state index in [0.717, 1.165) is 32.7 Å². The molecule has 0 saturated heterocycles. The van der Waals surface area contributed by atoms with Crippen molar-refractivity contribution >= 4 is 0 Å². The predicted molar refractivity (Wildman–Crippen MR) is 120 cm³/mol. The lowest BCUT2D eigenvalue weighted by Gasteiger charge is -2.17. The van der Waals surface area contributed by atoms with Crippen molar-refractivity contribution in [1.29, 1.82) is 0 Å². The maximum Gasteiger partial charge on any atom is 0.0598 e. The summed E-state index contributed by atoms with van der Waals surface area (Å²) in [5.74, 6) is 0. The molecule has 0 aromatic rings. The second-order valence-electron chi connectivity index (χ2n) is 5.50. The molecule has 0 aliphatic heterocycles. The van der Waals surface area contributed by atoms with Crippen molar-refractivity contribution in [2.45, 2.75) is 108 Å². The molecule has 0 heterocycles. The summed E-state index contributed by atoms with van der Waals surface area (Å²) in [6.45, 7) is 27.0. The molecule has 0 amide bonds. The molecule has 0 aromatic heterocycles. The number of hydrogen-bond acceptors (Lipinski definition) is 2. The van der Waals surface area contributed by atoms with E-state index in [1.54, 1.807) is 0 Å². The summed E-state index contributed by atoms with van der Waals surface area (Å²) in [6, 6.07) is 0. The van der Waals surface area contributed by atoms with Gasteiger partial charge in [0.15, 0.2) is 0 Å². The Morgan fingerprint density at radius 3 is 1.44 bits per heavy atom. The molecule has 0 atom stereocenters. The minimum Gasteiger partial charge on any atom is -0.381 e. The van der Waals surface area contributed by atoms with Crippen molar-refractivity contribution in [2.24, 2.45) is 0 Å². The molecule has 0 spiro atoms. The molecule has 0 saturated carbocycles. The van der Waals surface area contributed by atoms with Gasteiger partial charge < -0.3 is 9.47 Å². The fraction of sp³-hybridized carbons (Fsp3) is 0.826. The van der Waals surface area contributed by atoms with Gasteiger partial charge in [0.1, 0.15) is 0 Å². The van der Waals surface area contributed by atoms with Crippen LogP contribution in [0, 0.1) is 0 Å². The summed E-state index contributed by atoms with van der Waals surface area (Å²) in [4.78, 5) is 0. The number of rotatable bonds is 7. The van der Waals surface area contributed by atoms with Crippen LogP contribution in [-0.2, 0) is 9.47 Å². The summed E-state index contributed by atoms with van der Waals surface area (Å²) < 4.78 is 10.4. The van der Waals surface area contributed by atoms with Crippen molar-refractivity contribution in [3.05, 3.63) is 24.3 Å². The fourth-order valence-corrected chi connectivity index (χ4v) is 1.12. The smallest absolute Gasteiger partial charge is 0.0598 e. The van der Waals surface area contributed by atoms with Crippen LogP contribution in [0.4, 0.5) is 0 Å². The van der Waals surface area contributed by atoms with Crippen molar-refractivity contribution in [2.75, 3.05) is 19.8 Å². The van der Waals surface area contributed by atoms with Crippen molar-refractivity contribution < 1.29 is 9.47 Å². The van der Waals surface area contributed by atoms with Gasteiger partial charge in [-0.05, 0) is 47.5 Å². The molecule has 0 unspecified atom stereocenters. The third-order valence-corrected chi connectivity index (χ3v) is 1.83. The third kappa shape index (κ3) is 82.5. The minimum atomic E-state index is 0.0503. The monoisotopic (exact) mass is 360 g/mol. The average molecular weight is 361 g/mol. The molecule has 0 radical (unpaired) electrons. The highest BCUT2D eigenvalue weighted by molar-refractivity contribution is 5.01. The number of hydrogen-bond donors (Lipinski definition) is 0. The van der Waals surface area contributed by atoms with Crippen molar-refractivity contribution in [3.63, 3.8) is 0 Å². The van der Waals surface area contributed by atoms with Crippen LogP contribution in [0.15, 0.2) is 24.3 Å². The van der Waals surface area contributed by atoms with Gasteiger partial charge in [0.25, 0.3) is 0 Å². The van der Waals surface area contributed by atoms with Crippen molar-refractivity contribution in [1.82, 2.24) is 0 Å². The molecule has 0 fully saturated rings. The second kappa shape index (κ2) is 38.8. The maximum atomic E-state index is 5.23. The molecule has 0 aromatic carbocycles. The number of allylic oxidation sites excluding steroid dienone is 3. The van der Waals surface area contributed by atoms with Gasteiger partial charge in [0, 0.05) is 19.8 Å². The van der Waals surface area contributed by atoms with Crippen LogP contribution < -0.4 is 0 Å². The first-order valence-corrected chi connectivity index (χ1v) is 10.4. The molecular weight excluding hydrogens is 308 g/mol. The molecule has 0 aliphatic rings. The van der Waals surface area contributed by atoms with Gasteiger partial charge in [-0.1, -0.05) is 79.2 Å². The summed E-state index contributed by atoms with van der Waals surface area (Å²) >= 11 is 0. The van der Waals surface area contributed by atoms with Crippen LogP contribution in [0.2, 0.25) is 0 Å². The van der Waals surface area contributed by atoms with E-state index < -0.39 is 0 Å². The summed E-state index contributed by atoms with van der Waals surface area (Å²) in [5.41, 5.74) is 0.0503. The molecule has 0 aliphatic carbocycles. The van der Waals surface area contributed by atoms with Gasteiger partial charge in [-0.15, -0.1) is 0 Å². The molecule has 2 nitrogen and oxygen atoms in total. The Balaban J connectivity index is -0.0000000817. The quantitative estimate of drug-likeness (QED) is 0.336. The zero-order valence-electron chi connectivity index (χ0n) is 19.9. The third-order valence-electron chi connectivity index (χ3n) is 1.83. The van der Waals surface area contributed by atoms with E-state index in [0.29, 0.717) is 0 Å². The van der Waals surface area contributed by atoms with E-state index in [2.05, 4.69) is 65.8 Å². The SMILES string of the molecule is CC.CC.CC/C=C\C=C/CCOCC.CCC.CCOC(C)(C)C. The summed E-state index contributed by atoms with van der Waals surface area (Å²) in [6.07, 6.45) is 11.8. The van der Waals surface area contributed by atoms with Crippen LogP contribution in [0.5, 0.6) is 0 Å². The van der Waals surface area contributed by atoms with Gasteiger partial charge in [-0.25, -0.2) is 0 Å². The largest absolute Gasteiger partial charge is 0.381 e. The lowest BCUT2D eigenvalue weighted by atomic mass is 10.2. The molecule has 0 bridgehead atoms. The zero-order valence-corrected chi connectivity index (χ0v) is 19.9. The predicted octanol–water partition coefficient (Wildman–Crippen LogP) is 8.23. The molecule has 156 valence electrons. The van der Waals surface area contributed by atoms with Gasteiger partial charge in [-0.3, -0.25) is 0 Å². The van der Waals surface area contributed by atoms with Crippen molar-refractivity contribution in [3.8, 4) is 0 Å². The minimum absolute atomic E-state index is 0.0503. The Morgan fingerprint density at radius 2 is 1.16 bits per heavy atom. The maximum absolute atomic E-state index is 5.23. The van der Waals surface area contributed by atoms with Gasteiger partial charge in [-0.2, -0.15) is 0 Å². The number of ether oxygens (including phenoxy) is 2. The van der Waals surface area contributed by atoms with Crippen LogP contribution in [0.3, 0.4) is 0 Å². The molecule has 25 heavy (non-hydrogen) atoms. The van der Waals surface area contributed by atoms with E-state index in [9.17, 15) is 0 Å². The molecule has 0 N–H and O–H groups in total. The Kier molecular flexibility index (Phi) is 55.1. The van der Waals surface area contributed by atoms with E-state index in [1.807, 2.05) is 41.5 Å².